The molecule has 0 spiro atoms. The Labute approximate surface area is 121 Å². The lowest BCUT2D eigenvalue weighted by molar-refractivity contribution is 0.255. The maximum atomic E-state index is 13.3. The van der Waals surface area contributed by atoms with Crippen LogP contribution in [0.1, 0.15) is 5.56 Å². The number of rotatable bonds is 3. The van der Waals surface area contributed by atoms with Crippen molar-refractivity contribution >= 4 is 29.4 Å². The highest BCUT2D eigenvalue weighted by molar-refractivity contribution is 6.30. The molecule has 0 radical (unpaired) electrons. The molecule has 0 aromatic heterocycles. The van der Waals surface area contributed by atoms with Gasteiger partial charge in [0.25, 0.3) is 0 Å². The second-order valence-corrected chi connectivity index (χ2v) is 4.40. The summed E-state index contributed by atoms with van der Waals surface area (Å²) in [5.74, 6) is -0.485. The molecule has 0 aliphatic rings. The molecule has 0 aliphatic carbocycles. The lowest BCUT2D eigenvalue weighted by Gasteiger charge is -2.05. The smallest absolute Gasteiger partial charge is 0.314 e. The van der Waals surface area contributed by atoms with E-state index in [0.717, 1.165) is 5.56 Å². The number of carbonyl (C=O) groups excluding carboxylic acids is 1. The first-order valence-electron chi connectivity index (χ1n) is 5.89. The summed E-state index contributed by atoms with van der Waals surface area (Å²) in [6, 6.07) is 12.6. The number of urea groups is 1. The Balaban J connectivity index is 1.91. The number of halogens is 2. The largest absolute Gasteiger partial charge is 0.323 e. The lowest BCUT2D eigenvalue weighted by Crippen LogP contribution is -2.24. The van der Waals surface area contributed by atoms with Crippen molar-refractivity contribution in [2.45, 2.75) is 0 Å². The van der Waals surface area contributed by atoms with Crippen molar-refractivity contribution in [3.05, 3.63) is 71.1 Å². The third-order valence-electron chi connectivity index (χ3n) is 2.46. The minimum atomic E-state index is -0.520. The molecule has 0 heterocycles. The van der Waals surface area contributed by atoms with E-state index in [9.17, 15) is 9.18 Å². The minimum Gasteiger partial charge on any atom is -0.314 e. The molecule has 0 aliphatic heterocycles. The fraction of sp³-hybridized carbons (Fsp3) is 0. The van der Waals surface area contributed by atoms with Crippen LogP contribution in [-0.4, -0.2) is 6.03 Å². The quantitative estimate of drug-likeness (QED) is 0.871. The van der Waals surface area contributed by atoms with Gasteiger partial charge in [-0.05, 0) is 35.9 Å². The van der Waals surface area contributed by atoms with Gasteiger partial charge in [-0.1, -0.05) is 35.9 Å². The van der Waals surface area contributed by atoms with E-state index in [0.29, 0.717) is 5.02 Å². The van der Waals surface area contributed by atoms with E-state index in [-0.39, 0.29) is 5.69 Å². The van der Waals surface area contributed by atoms with E-state index in [1.54, 1.807) is 36.4 Å². The van der Waals surface area contributed by atoms with Crippen LogP contribution in [0.3, 0.4) is 0 Å². The summed E-state index contributed by atoms with van der Waals surface area (Å²) in [5.41, 5.74) is 0.977. The molecular formula is C15H12ClFN2O. The molecule has 0 bridgehead atoms. The highest BCUT2D eigenvalue weighted by Gasteiger charge is 2.03. The summed E-state index contributed by atoms with van der Waals surface area (Å²) >= 11 is 5.84. The van der Waals surface area contributed by atoms with Crippen molar-refractivity contribution < 1.29 is 9.18 Å². The number of carbonyl (C=O) groups is 1. The highest BCUT2D eigenvalue weighted by Crippen LogP contribution is 2.12. The predicted molar refractivity (Wildman–Crippen MR) is 79.0 cm³/mol. The second-order valence-electron chi connectivity index (χ2n) is 3.97. The second kappa shape index (κ2) is 6.73. The van der Waals surface area contributed by atoms with Gasteiger partial charge in [-0.25, -0.2) is 9.18 Å². The van der Waals surface area contributed by atoms with Gasteiger partial charge in [-0.15, -0.1) is 0 Å². The van der Waals surface area contributed by atoms with Crippen LogP contribution in [0.15, 0.2) is 54.7 Å². The van der Waals surface area contributed by atoms with E-state index >= 15 is 0 Å². The number of anilines is 1. The molecule has 0 saturated heterocycles. The third-order valence-corrected chi connectivity index (χ3v) is 2.70. The first kappa shape index (κ1) is 14.1. The van der Waals surface area contributed by atoms with Crippen LogP contribution in [0.25, 0.3) is 6.08 Å². The van der Waals surface area contributed by atoms with Crippen molar-refractivity contribution in [2.75, 3.05) is 5.32 Å². The molecule has 102 valence electrons. The van der Waals surface area contributed by atoms with Gasteiger partial charge in [0.1, 0.15) is 5.82 Å². The number of amides is 2. The predicted octanol–water partition coefficient (Wildman–Crippen LogP) is 4.27. The fourth-order valence-electron chi connectivity index (χ4n) is 1.54. The molecule has 2 N–H and O–H groups in total. The zero-order valence-corrected chi connectivity index (χ0v) is 11.2. The summed E-state index contributed by atoms with van der Waals surface area (Å²) in [6.45, 7) is 0. The maximum absolute atomic E-state index is 13.3. The fourth-order valence-corrected chi connectivity index (χ4v) is 1.74. The number of nitrogens with one attached hydrogen (secondary N) is 2. The van der Waals surface area contributed by atoms with Crippen LogP contribution in [-0.2, 0) is 0 Å². The Morgan fingerprint density at radius 2 is 1.95 bits per heavy atom. The van der Waals surface area contributed by atoms with E-state index in [1.165, 1.54) is 18.3 Å². The summed E-state index contributed by atoms with van der Waals surface area (Å²) in [6.07, 6.45) is 3.15. The molecule has 3 nitrogen and oxygen atoms in total. The molecule has 0 saturated carbocycles. The normalized spacial score (nSPS) is 10.5. The van der Waals surface area contributed by atoms with Crippen molar-refractivity contribution in [3.8, 4) is 0 Å². The van der Waals surface area contributed by atoms with Gasteiger partial charge in [0.15, 0.2) is 0 Å². The van der Waals surface area contributed by atoms with E-state index in [2.05, 4.69) is 10.6 Å². The van der Waals surface area contributed by atoms with Gasteiger partial charge in [-0.3, -0.25) is 0 Å². The summed E-state index contributed by atoms with van der Waals surface area (Å²) in [4.78, 5) is 11.6. The molecular weight excluding hydrogens is 279 g/mol. The molecule has 2 rings (SSSR count). The van der Waals surface area contributed by atoms with Crippen LogP contribution in [0.2, 0.25) is 5.02 Å². The Hall–Kier alpha value is -2.33. The zero-order valence-electron chi connectivity index (χ0n) is 10.4. The van der Waals surface area contributed by atoms with E-state index < -0.39 is 11.8 Å². The summed E-state index contributed by atoms with van der Waals surface area (Å²) in [7, 11) is 0. The van der Waals surface area contributed by atoms with Crippen LogP contribution >= 0.6 is 11.6 Å². The van der Waals surface area contributed by atoms with Gasteiger partial charge in [0.05, 0.1) is 5.69 Å². The molecule has 2 aromatic rings. The Morgan fingerprint density at radius 1 is 1.15 bits per heavy atom. The molecule has 2 aromatic carbocycles. The van der Waals surface area contributed by atoms with Crippen LogP contribution < -0.4 is 10.6 Å². The molecule has 0 atom stereocenters. The molecule has 5 heteroatoms. The van der Waals surface area contributed by atoms with Crippen molar-refractivity contribution in [2.24, 2.45) is 0 Å². The summed E-state index contributed by atoms with van der Waals surface area (Å²) in [5, 5.41) is 5.51. The highest BCUT2D eigenvalue weighted by atomic mass is 35.5. The van der Waals surface area contributed by atoms with Gasteiger partial charge < -0.3 is 10.6 Å². The Morgan fingerprint density at radius 3 is 2.70 bits per heavy atom. The number of hydrogen-bond acceptors (Lipinski definition) is 1. The topological polar surface area (TPSA) is 41.1 Å². The van der Waals surface area contributed by atoms with Crippen molar-refractivity contribution in [3.63, 3.8) is 0 Å². The lowest BCUT2D eigenvalue weighted by atomic mass is 10.2. The van der Waals surface area contributed by atoms with Crippen LogP contribution in [0, 0.1) is 5.82 Å². The van der Waals surface area contributed by atoms with Crippen molar-refractivity contribution in [1.29, 1.82) is 0 Å². The first-order chi connectivity index (χ1) is 9.65. The van der Waals surface area contributed by atoms with Gasteiger partial charge in [0.2, 0.25) is 0 Å². The molecule has 2 amide bonds. The maximum Gasteiger partial charge on any atom is 0.323 e. The Kier molecular flexibility index (Phi) is 4.74. The standard InChI is InChI=1S/C15H12ClFN2O/c16-12-5-3-4-11(10-12)8-9-18-15(20)19-14-7-2-1-6-13(14)17/h1-10H,(H2,18,19,20)/b9-8+. The van der Waals surface area contributed by atoms with Gasteiger partial charge in [-0.2, -0.15) is 0 Å². The van der Waals surface area contributed by atoms with E-state index in [4.69, 9.17) is 11.6 Å². The number of hydrogen-bond donors (Lipinski definition) is 2. The number of benzene rings is 2. The zero-order chi connectivity index (χ0) is 14.4. The molecule has 0 unspecified atom stereocenters. The van der Waals surface area contributed by atoms with E-state index in [1.807, 2.05) is 6.07 Å². The van der Waals surface area contributed by atoms with Crippen LogP contribution in [0.4, 0.5) is 14.9 Å². The first-order valence-corrected chi connectivity index (χ1v) is 6.27. The van der Waals surface area contributed by atoms with Crippen molar-refractivity contribution in [1.82, 2.24) is 5.32 Å². The average Bonchev–Trinajstić information content (AvgIpc) is 2.41. The Bertz CT molecular complexity index is 643. The summed E-state index contributed by atoms with van der Waals surface area (Å²) < 4.78 is 13.3. The monoisotopic (exact) mass is 290 g/mol. The number of para-hydroxylation sites is 1. The molecule has 20 heavy (non-hydrogen) atoms. The van der Waals surface area contributed by atoms with Gasteiger partial charge in [0, 0.05) is 11.2 Å². The minimum absolute atomic E-state index is 0.126. The average molecular weight is 291 g/mol. The molecule has 0 fully saturated rings. The SMILES string of the molecule is O=C(N/C=C/c1cccc(Cl)c1)Nc1ccccc1F. The van der Waals surface area contributed by atoms with Gasteiger partial charge >= 0.3 is 6.03 Å². The third kappa shape index (κ3) is 4.10. The van der Waals surface area contributed by atoms with Crippen LogP contribution in [0.5, 0.6) is 0 Å².